The molecule has 1 saturated carbocycles. The van der Waals surface area contributed by atoms with E-state index in [4.69, 9.17) is 23.5 Å². The van der Waals surface area contributed by atoms with Crippen molar-refractivity contribution in [2.24, 2.45) is 0 Å². The van der Waals surface area contributed by atoms with E-state index in [1.165, 1.54) is 40.6 Å². The predicted octanol–water partition coefficient (Wildman–Crippen LogP) is 6.31. The van der Waals surface area contributed by atoms with Gasteiger partial charge in [0.05, 0.1) is 52.6 Å². The summed E-state index contributed by atoms with van der Waals surface area (Å²) >= 11 is 0. The van der Waals surface area contributed by atoms with Crippen LogP contribution >= 0.6 is 0 Å². The lowest BCUT2D eigenvalue weighted by atomic mass is 9.89. The van der Waals surface area contributed by atoms with Gasteiger partial charge in [-0.2, -0.15) is 5.10 Å². The zero-order chi connectivity index (χ0) is 35.9. The number of H-pyrrole nitrogens is 1. The van der Waals surface area contributed by atoms with Crippen molar-refractivity contribution in [3.63, 3.8) is 0 Å². The van der Waals surface area contributed by atoms with Crippen molar-refractivity contribution in [2.75, 3.05) is 51.2 Å². The van der Waals surface area contributed by atoms with Gasteiger partial charge in [-0.05, 0) is 54.3 Å². The van der Waals surface area contributed by atoms with E-state index < -0.39 is 34.8 Å². The second kappa shape index (κ2) is 13.6. The molecule has 7 rings (SSSR count). The second-order valence-electron chi connectivity index (χ2n) is 12.7. The number of hydrogen-bond acceptors (Lipinski definition) is 11. The van der Waals surface area contributed by atoms with Crippen molar-refractivity contribution in [1.82, 2.24) is 20.7 Å². The van der Waals surface area contributed by atoms with Gasteiger partial charge in [0, 0.05) is 42.6 Å². The third kappa shape index (κ3) is 6.85. The second-order valence-corrected chi connectivity index (χ2v) is 14.5. The molecule has 1 aliphatic heterocycles. The van der Waals surface area contributed by atoms with Gasteiger partial charge in [-0.1, -0.05) is 17.3 Å². The zero-order valence-corrected chi connectivity index (χ0v) is 29.3. The summed E-state index contributed by atoms with van der Waals surface area (Å²) in [5.74, 6) is -1.64. The fourth-order valence-electron chi connectivity index (χ4n) is 6.38. The summed E-state index contributed by atoms with van der Waals surface area (Å²) in [4.78, 5) is -0.299. The third-order valence-electron chi connectivity index (χ3n) is 9.19. The van der Waals surface area contributed by atoms with Gasteiger partial charge in [-0.15, -0.1) is 0 Å². The molecular weight excluding hydrogens is 686 g/mol. The molecule has 1 saturated heterocycles. The number of rotatable bonds is 13. The maximum atomic E-state index is 14.9. The van der Waals surface area contributed by atoms with Crippen molar-refractivity contribution in [2.45, 2.75) is 48.5 Å². The Morgan fingerprint density at radius 1 is 0.941 bits per heavy atom. The van der Waals surface area contributed by atoms with Crippen LogP contribution in [0.5, 0.6) is 23.0 Å². The van der Waals surface area contributed by atoms with Gasteiger partial charge < -0.3 is 34.1 Å². The number of anilines is 3. The topological polar surface area (TPSA) is 153 Å². The fraction of sp³-hybridized carbons (Fsp3) is 0.371. The van der Waals surface area contributed by atoms with Crippen LogP contribution in [0.4, 0.5) is 26.1 Å². The molecule has 2 aromatic heterocycles. The summed E-state index contributed by atoms with van der Waals surface area (Å²) in [7, 11) is 1.10. The highest BCUT2D eigenvalue weighted by Gasteiger charge is 2.40. The molecule has 0 bridgehead atoms. The molecule has 13 nitrogen and oxygen atoms in total. The van der Waals surface area contributed by atoms with E-state index in [1.54, 1.807) is 36.4 Å². The molecule has 3 aromatic carbocycles. The number of sulfonamides is 1. The Bertz CT molecular complexity index is 2130. The van der Waals surface area contributed by atoms with Crippen LogP contribution in [0.25, 0.3) is 11.0 Å². The highest BCUT2D eigenvalue weighted by molar-refractivity contribution is 7.93. The maximum Gasteiger partial charge on any atom is 0.273 e. The summed E-state index contributed by atoms with van der Waals surface area (Å²) in [6, 6.07) is 15.1. The molecule has 1 unspecified atom stereocenters. The number of methoxy groups -OCH3 is 4. The van der Waals surface area contributed by atoms with Crippen molar-refractivity contribution >= 4 is 38.3 Å². The highest BCUT2D eigenvalue weighted by Crippen LogP contribution is 2.45. The normalized spacial score (nSPS) is 17.3. The first-order valence-corrected chi connectivity index (χ1v) is 17.8. The van der Waals surface area contributed by atoms with Gasteiger partial charge in [-0.25, -0.2) is 21.5 Å². The number of ether oxygens (including phenoxy) is 4. The minimum atomic E-state index is -4.57. The summed E-state index contributed by atoms with van der Waals surface area (Å²) in [5.41, 5.74) is 2.92. The largest absolute Gasteiger partial charge is 0.497 e. The number of aromatic nitrogens is 3. The summed E-state index contributed by atoms with van der Waals surface area (Å²) < 4.78 is 87.8. The summed E-state index contributed by atoms with van der Waals surface area (Å²) in [6.45, 7) is -0.327. The number of fused-ring (bicyclic) bond motifs is 1. The number of halogens is 2. The number of aromatic amines is 1. The van der Waals surface area contributed by atoms with E-state index in [-0.39, 0.29) is 40.9 Å². The van der Waals surface area contributed by atoms with Gasteiger partial charge in [0.15, 0.2) is 22.1 Å². The summed E-state index contributed by atoms with van der Waals surface area (Å²) in [6.07, 6.45) is 1.83. The van der Waals surface area contributed by atoms with E-state index in [2.05, 4.69) is 26.0 Å². The van der Waals surface area contributed by atoms with Crippen LogP contribution in [-0.2, 0) is 16.6 Å². The Morgan fingerprint density at radius 3 is 2.27 bits per heavy atom. The number of nitrogens with one attached hydrogen (secondary N) is 3. The first-order chi connectivity index (χ1) is 24.5. The zero-order valence-electron chi connectivity index (χ0n) is 28.5. The molecule has 16 heteroatoms. The van der Waals surface area contributed by atoms with Gasteiger partial charge in [0.2, 0.25) is 0 Å². The number of piperidine rings is 1. The minimum Gasteiger partial charge on any atom is -0.497 e. The molecule has 0 radical (unpaired) electrons. The standard InChI is InChI=1S/C35H38F2N6O7S/c1-46-24-9-5-20(6-10-24)18-43(51(44,45)33-30(48-3)11-22(12-31(33)49-4)23-16-35(36,37)19-38-17-23)34-25-13-29(47-2)27(14-28(25)50-42-34)39-32-15-26(40-41-32)21-7-8-21/h5-6,9-15,21,23,38H,7-8,16-19H2,1-4H3,(H2,39,40,41). The lowest BCUT2D eigenvalue weighted by molar-refractivity contribution is -0.0278. The van der Waals surface area contributed by atoms with E-state index >= 15 is 0 Å². The molecular formula is C35H38F2N6O7S. The van der Waals surface area contributed by atoms with Crippen LogP contribution in [-0.4, -0.2) is 71.2 Å². The summed E-state index contributed by atoms with van der Waals surface area (Å²) in [5, 5.41) is 18.0. The van der Waals surface area contributed by atoms with Crippen LogP contribution in [0.3, 0.4) is 0 Å². The number of benzene rings is 3. The number of nitrogens with zero attached hydrogens (tertiary/aromatic N) is 3. The molecule has 51 heavy (non-hydrogen) atoms. The van der Waals surface area contributed by atoms with Crippen LogP contribution < -0.4 is 33.9 Å². The molecule has 1 aliphatic carbocycles. The fourth-order valence-corrected chi connectivity index (χ4v) is 8.07. The highest BCUT2D eigenvalue weighted by atomic mass is 32.2. The molecule has 0 spiro atoms. The molecule has 0 amide bonds. The van der Waals surface area contributed by atoms with Crippen molar-refractivity contribution in [1.29, 1.82) is 0 Å². The lowest BCUT2D eigenvalue weighted by Crippen LogP contribution is -2.42. The van der Waals surface area contributed by atoms with Crippen molar-refractivity contribution in [3.05, 3.63) is 71.4 Å². The molecule has 270 valence electrons. The van der Waals surface area contributed by atoms with Crippen molar-refractivity contribution in [3.8, 4) is 23.0 Å². The van der Waals surface area contributed by atoms with Gasteiger partial charge in [0.25, 0.3) is 15.9 Å². The van der Waals surface area contributed by atoms with Crippen molar-refractivity contribution < 1.29 is 40.7 Å². The maximum absolute atomic E-state index is 14.9. The van der Waals surface area contributed by atoms with E-state index in [0.717, 1.165) is 22.8 Å². The lowest BCUT2D eigenvalue weighted by Gasteiger charge is -2.31. The average Bonchev–Trinajstić information content (AvgIpc) is 3.75. The van der Waals surface area contributed by atoms with Crippen LogP contribution in [0.1, 0.15) is 47.9 Å². The van der Waals surface area contributed by atoms with E-state index in [9.17, 15) is 17.2 Å². The number of alkyl halides is 2. The van der Waals surface area contributed by atoms with E-state index in [1.807, 2.05) is 6.07 Å². The molecule has 3 N–H and O–H groups in total. The van der Waals surface area contributed by atoms with Crippen LogP contribution in [0.15, 0.2) is 64.0 Å². The predicted molar refractivity (Wildman–Crippen MR) is 185 cm³/mol. The minimum absolute atomic E-state index is 0.0224. The van der Waals surface area contributed by atoms with Crippen LogP contribution in [0, 0.1) is 0 Å². The SMILES string of the molecule is COc1ccc(CN(c2noc3cc(Nc4cc(C5CC5)[nH]n4)c(OC)cc23)S(=O)(=O)c2c(OC)cc(C3CNCC(F)(F)C3)cc2OC)cc1. The van der Waals surface area contributed by atoms with Gasteiger partial charge in [-0.3, -0.25) is 5.10 Å². The Kier molecular flexibility index (Phi) is 9.14. The van der Waals surface area contributed by atoms with Crippen LogP contribution in [0.2, 0.25) is 0 Å². The van der Waals surface area contributed by atoms with E-state index in [0.29, 0.717) is 45.4 Å². The van der Waals surface area contributed by atoms with Gasteiger partial charge in [0.1, 0.15) is 23.0 Å². The Morgan fingerprint density at radius 2 is 1.65 bits per heavy atom. The first kappa shape index (κ1) is 34.4. The molecule has 1 atom stereocenters. The monoisotopic (exact) mass is 724 g/mol. The molecule has 2 aliphatic rings. The molecule has 2 fully saturated rings. The Labute approximate surface area is 293 Å². The Hall–Kier alpha value is -5.09. The third-order valence-corrected chi connectivity index (χ3v) is 11.0. The number of hydrogen-bond donors (Lipinski definition) is 3. The van der Waals surface area contributed by atoms with Gasteiger partial charge >= 0.3 is 0 Å². The molecule has 5 aromatic rings. The first-order valence-electron chi connectivity index (χ1n) is 16.3. The Balaban J connectivity index is 1.32. The average molecular weight is 725 g/mol. The quantitative estimate of drug-likeness (QED) is 0.125. The smallest absolute Gasteiger partial charge is 0.273 e. The molecule has 3 heterocycles.